The van der Waals surface area contributed by atoms with Crippen molar-refractivity contribution in [3.63, 3.8) is 0 Å². The fraction of sp³-hybridized carbons (Fsp3) is 0.913. The number of Topliss-reactive ketones (excluding diaryl/α,β-unsaturated/α-hetero) is 1. The van der Waals surface area contributed by atoms with Crippen LogP contribution in [0.4, 0.5) is 0 Å². The molecule has 14 heteroatoms. The zero-order valence-electron chi connectivity index (χ0n) is 38.0. The van der Waals surface area contributed by atoms with Crippen LogP contribution in [0.1, 0.15) is 133 Å². The molecule has 344 valence electrons. The number of aliphatic hydroxyl groups excluding tert-OH is 2. The Morgan fingerprint density at radius 3 is 2.27 bits per heavy atom. The first-order chi connectivity index (χ1) is 28.1. The molecular weight excluding hydrogens is 776 g/mol. The minimum Gasteiger partial charge on any atom is -0.481 e. The number of methoxy groups -OCH3 is 1. The molecule has 0 saturated carbocycles. The van der Waals surface area contributed by atoms with Crippen molar-refractivity contribution >= 4 is 11.8 Å². The van der Waals surface area contributed by atoms with E-state index >= 15 is 0 Å². The third-order valence-corrected chi connectivity index (χ3v) is 15.4. The molecule has 0 aromatic rings. The molecule has 14 nitrogen and oxygen atoms in total. The molecule has 2 spiro atoms. The fourth-order valence-corrected chi connectivity index (χ4v) is 11.5. The summed E-state index contributed by atoms with van der Waals surface area (Å²) < 4.78 is 53.7. The Hall–Kier alpha value is -1.56. The van der Waals surface area contributed by atoms with E-state index in [1.165, 1.54) is 0 Å². The maximum Gasteiger partial charge on any atom is 0.306 e. The van der Waals surface area contributed by atoms with Gasteiger partial charge in [-0.1, -0.05) is 54.5 Å². The van der Waals surface area contributed by atoms with E-state index in [1.54, 1.807) is 27.9 Å². The predicted molar refractivity (Wildman–Crippen MR) is 219 cm³/mol. The molecule has 6 aliphatic heterocycles. The minimum absolute atomic E-state index is 0.0109. The Morgan fingerprint density at radius 2 is 1.62 bits per heavy atom. The number of ether oxygens (including phenoxy) is 8. The van der Waals surface area contributed by atoms with Crippen molar-refractivity contribution in [1.29, 1.82) is 0 Å². The van der Waals surface area contributed by atoms with Crippen molar-refractivity contribution in [3.8, 4) is 0 Å². The molecule has 0 aliphatic carbocycles. The zero-order chi connectivity index (χ0) is 44.1. The number of aliphatic hydroxyl groups is 3. The standard InChI is InChI=1S/C46H76O14/c1-24(16-25(2)40(49)26(3)17-28(5)42(50)51)35-20-33(48)22-44(56-35)15-14-43(10,60-44)38-21-36(55-39-13-12-34(53-11)32(9)54-39)31(8)46(58-38)30(7)19-37(57-46)41-27(4)18-29(6)45(52,23-47)59-41/h16,24,26-39,41,47-48,52H,12-15,17-23H2,1-11H3,(H,50,51). The number of hydrogen-bond acceptors (Lipinski definition) is 13. The largest absolute Gasteiger partial charge is 0.481 e. The van der Waals surface area contributed by atoms with Crippen molar-refractivity contribution in [2.45, 2.75) is 212 Å². The van der Waals surface area contributed by atoms with Crippen LogP contribution in [0.2, 0.25) is 0 Å². The number of aliphatic carboxylic acids is 1. The highest BCUT2D eigenvalue weighted by Gasteiger charge is 2.65. The summed E-state index contributed by atoms with van der Waals surface area (Å²) in [6.45, 7) is 18.9. The Bertz CT molecular complexity index is 1540. The van der Waals surface area contributed by atoms with Gasteiger partial charge in [-0.2, -0.15) is 0 Å². The average Bonchev–Trinajstić information content (AvgIpc) is 3.69. The molecular formula is C46H76O14. The number of hydrogen-bond donors (Lipinski definition) is 4. The lowest BCUT2D eigenvalue weighted by molar-refractivity contribution is -0.389. The van der Waals surface area contributed by atoms with Crippen LogP contribution < -0.4 is 0 Å². The number of carbonyl (C=O) groups is 2. The van der Waals surface area contributed by atoms with Crippen LogP contribution in [-0.2, 0) is 47.5 Å². The molecule has 6 aliphatic rings. The van der Waals surface area contributed by atoms with Crippen LogP contribution in [0.15, 0.2) is 11.6 Å². The van der Waals surface area contributed by atoms with E-state index in [2.05, 4.69) is 20.8 Å². The number of rotatable bonds is 13. The van der Waals surface area contributed by atoms with Crippen LogP contribution in [0.25, 0.3) is 0 Å². The van der Waals surface area contributed by atoms with E-state index in [0.717, 1.165) is 6.42 Å². The zero-order valence-corrected chi connectivity index (χ0v) is 38.0. The number of carboxylic acids is 1. The summed E-state index contributed by atoms with van der Waals surface area (Å²) in [5, 5.41) is 42.1. The number of allylic oxidation sites excluding steroid dienone is 1. The van der Waals surface area contributed by atoms with E-state index in [0.29, 0.717) is 50.5 Å². The highest BCUT2D eigenvalue weighted by Crippen LogP contribution is 2.56. The summed E-state index contributed by atoms with van der Waals surface area (Å²) >= 11 is 0. The molecule has 0 radical (unpaired) electrons. The summed E-state index contributed by atoms with van der Waals surface area (Å²) in [4.78, 5) is 24.7. The number of carboxylic acid groups (broad SMARTS) is 1. The second-order valence-electron chi connectivity index (χ2n) is 20.2. The van der Waals surface area contributed by atoms with Crippen molar-refractivity contribution in [1.82, 2.24) is 0 Å². The lowest BCUT2D eigenvalue weighted by Gasteiger charge is -2.53. The molecule has 6 heterocycles. The van der Waals surface area contributed by atoms with Gasteiger partial charge in [-0.3, -0.25) is 9.59 Å². The van der Waals surface area contributed by atoms with Crippen molar-refractivity contribution in [2.75, 3.05) is 13.7 Å². The Labute approximate surface area is 357 Å². The van der Waals surface area contributed by atoms with Gasteiger partial charge in [0.15, 0.2) is 29.4 Å². The van der Waals surface area contributed by atoms with Crippen LogP contribution in [0.3, 0.4) is 0 Å². The van der Waals surface area contributed by atoms with Crippen molar-refractivity contribution < 1.29 is 67.9 Å². The van der Waals surface area contributed by atoms with Gasteiger partial charge in [-0.05, 0) is 64.4 Å². The first-order valence-electron chi connectivity index (χ1n) is 22.8. The van der Waals surface area contributed by atoms with Gasteiger partial charge in [0.25, 0.3) is 0 Å². The Balaban J connectivity index is 1.23. The number of ketones is 1. The molecule has 20 unspecified atom stereocenters. The monoisotopic (exact) mass is 853 g/mol. The van der Waals surface area contributed by atoms with E-state index in [4.69, 9.17) is 37.9 Å². The van der Waals surface area contributed by atoms with E-state index in [-0.39, 0.29) is 66.5 Å². The maximum absolute atomic E-state index is 13.3. The lowest BCUT2D eigenvalue weighted by atomic mass is 9.76. The van der Waals surface area contributed by atoms with Gasteiger partial charge in [0.1, 0.15) is 0 Å². The lowest BCUT2D eigenvalue weighted by Crippen LogP contribution is -2.63. The quantitative estimate of drug-likeness (QED) is 0.160. The molecule has 0 aromatic heterocycles. The van der Waals surface area contributed by atoms with E-state index in [9.17, 15) is 30.0 Å². The normalized spacial score (nSPS) is 48.0. The predicted octanol–water partition coefficient (Wildman–Crippen LogP) is 5.90. The van der Waals surface area contributed by atoms with Crippen LogP contribution in [0, 0.1) is 41.4 Å². The minimum atomic E-state index is -1.66. The molecule has 20 atom stereocenters. The molecule has 6 fully saturated rings. The fourth-order valence-electron chi connectivity index (χ4n) is 11.5. The average molecular weight is 853 g/mol. The topological polar surface area (TPSA) is 189 Å². The molecule has 0 aromatic carbocycles. The highest BCUT2D eigenvalue weighted by atomic mass is 16.8. The van der Waals surface area contributed by atoms with Crippen LogP contribution in [-0.4, -0.2) is 124 Å². The first-order valence-corrected chi connectivity index (χ1v) is 22.8. The van der Waals surface area contributed by atoms with Crippen LogP contribution in [0.5, 0.6) is 0 Å². The summed E-state index contributed by atoms with van der Waals surface area (Å²) in [5.41, 5.74) is -0.313. The van der Waals surface area contributed by atoms with E-state index in [1.807, 2.05) is 33.8 Å². The van der Waals surface area contributed by atoms with Gasteiger partial charge in [0.05, 0.1) is 67.0 Å². The molecule has 0 amide bonds. The van der Waals surface area contributed by atoms with Gasteiger partial charge in [-0.15, -0.1) is 0 Å². The highest BCUT2D eigenvalue weighted by molar-refractivity contribution is 5.96. The molecule has 6 saturated heterocycles. The van der Waals surface area contributed by atoms with Crippen LogP contribution >= 0.6 is 0 Å². The number of carbonyl (C=O) groups excluding carboxylic acids is 1. The SMILES string of the molecule is COC1CCC(OC2CC(C3(C)CCC4(CC(O)CC(C(C)C=C(C)C(=O)C(C)CC(C)C(=O)O)O4)O3)OC3(OC(C4OC(O)(CO)C(C)CC4C)CC3C)C2C)OC1C. The van der Waals surface area contributed by atoms with Gasteiger partial charge < -0.3 is 58.3 Å². The third kappa shape index (κ3) is 9.60. The van der Waals surface area contributed by atoms with Gasteiger partial charge in [0, 0.05) is 68.8 Å². The van der Waals surface area contributed by atoms with E-state index < -0.39 is 84.2 Å². The summed E-state index contributed by atoms with van der Waals surface area (Å²) in [7, 11) is 1.70. The maximum atomic E-state index is 13.3. The summed E-state index contributed by atoms with van der Waals surface area (Å²) in [6.07, 6.45) is 3.75. The molecule has 0 bridgehead atoms. The van der Waals surface area contributed by atoms with Crippen molar-refractivity contribution in [3.05, 3.63) is 11.6 Å². The van der Waals surface area contributed by atoms with Gasteiger partial charge in [0.2, 0.25) is 0 Å². The Morgan fingerprint density at radius 1 is 0.900 bits per heavy atom. The third-order valence-electron chi connectivity index (χ3n) is 15.4. The summed E-state index contributed by atoms with van der Waals surface area (Å²) in [5.74, 6) is -6.68. The summed E-state index contributed by atoms with van der Waals surface area (Å²) in [6, 6.07) is 0. The molecule has 60 heavy (non-hydrogen) atoms. The molecule has 6 rings (SSSR count). The second-order valence-corrected chi connectivity index (χ2v) is 20.2. The molecule has 4 N–H and O–H groups in total. The van der Waals surface area contributed by atoms with Gasteiger partial charge >= 0.3 is 5.97 Å². The van der Waals surface area contributed by atoms with Crippen molar-refractivity contribution in [2.24, 2.45) is 41.4 Å². The smallest absolute Gasteiger partial charge is 0.306 e. The first kappa shape index (κ1) is 47.9. The van der Waals surface area contributed by atoms with Gasteiger partial charge in [-0.25, -0.2) is 0 Å². The second kappa shape index (κ2) is 18.5. The Kier molecular flexibility index (Phi) is 14.8.